The molecule has 8 nitrogen and oxygen atoms in total. The van der Waals surface area contributed by atoms with Crippen molar-refractivity contribution in [2.24, 2.45) is 5.92 Å². The SMILES string of the molecule is CCOC(=O)N1CCCC2CC(N3CCC4(CC3)CN(C(=O)c3snnc3C)c3ccc(F)cc34)CC21. The van der Waals surface area contributed by atoms with Gasteiger partial charge in [-0.25, -0.2) is 9.18 Å². The van der Waals surface area contributed by atoms with Crippen molar-refractivity contribution in [3.05, 3.63) is 40.2 Å². The van der Waals surface area contributed by atoms with Crippen molar-refractivity contribution < 1.29 is 18.7 Å². The zero-order valence-corrected chi connectivity index (χ0v) is 22.3. The molecule has 198 valence electrons. The molecule has 37 heavy (non-hydrogen) atoms. The Hall–Kier alpha value is -2.59. The quantitative estimate of drug-likeness (QED) is 0.590. The second-order valence-electron chi connectivity index (χ2n) is 11.0. The van der Waals surface area contributed by atoms with Crippen LogP contribution in [0.4, 0.5) is 14.9 Å². The van der Waals surface area contributed by atoms with Crippen LogP contribution in [0.5, 0.6) is 0 Å². The molecule has 3 unspecified atom stereocenters. The first-order valence-corrected chi connectivity index (χ1v) is 14.3. The molecule has 2 saturated heterocycles. The second-order valence-corrected chi connectivity index (χ2v) is 11.8. The van der Waals surface area contributed by atoms with Crippen LogP contribution in [-0.4, -0.2) is 76.3 Å². The number of anilines is 1. The average Bonchev–Trinajstić information content (AvgIpc) is 3.60. The molecule has 10 heteroatoms. The van der Waals surface area contributed by atoms with Crippen molar-refractivity contribution >= 4 is 29.2 Å². The van der Waals surface area contributed by atoms with Gasteiger partial charge < -0.3 is 19.4 Å². The summed E-state index contributed by atoms with van der Waals surface area (Å²) in [6.45, 7) is 7.22. The summed E-state index contributed by atoms with van der Waals surface area (Å²) in [4.78, 5) is 32.9. The maximum atomic E-state index is 14.4. The van der Waals surface area contributed by atoms with E-state index in [9.17, 15) is 14.0 Å². The standard InChI is InChI=1S/C27H34FN5O3S/c1-3-36-26(35)32-10-4-5-18-13-20(15-23(18)32)31-11-8-27(9-12-31)16-33(22-7-6-19(28)14-21(22)27)25(34)24-17(2)29-30-37-24/h6-7,14,18,20,23H,3-5,8-13,15-16H2,1-2H3. The Balaban J connectivity index is 1.18. The lowest BCUT2D eigenvalue weighted by Crippen LogP contribution is -2.49. The fourth-order valence-corrected chi connectivity index (χ4v) is 7.91. The van der Waals surface area contributed by atoms with E-state index in [2.05, 4.69) is 14.5 Å². The van der Waals surface area contributed by atoms with E-state index >= 15 is 0 Å². The third-order valence-corrected chi connectivity index (χ3v) is 9.97. The van der Waals surface area contributed by atoms with Crippen LogP contribution < -0.4 is 4.90 Å². The minimum absolute atomic E-state index is 0.0985. The van der Waals surface area contributed by atoms with Gasteiger partial charge in [0.05, 0.1) is 12.3 Å². The summed E-state index contributed by atoms with van der Waals surface area (Å²) in [6, 6.07) is 5.54. The van der Waals surface area contributed by atoms with Crippen LogP contribution in [0.2, 0.25) is 0 Å². The molecule has 3 atom stereocenters. The first-order valence-electron chi connectivity index (χ1n) is 13.5. The number of benzene rings is 1. The lowest BCUT2D eigenvalue weighted by molar-refractivity contribution is 0.0633. The number of fused-ring (bicyclic) bond motifs is 3. The number of hydrogen-bond donors (Lipinski definition) is 0. The van der Waals surface area contributed by atoms with Gasteiger partial charge in [-0.05, 0) is 107 Å². The molecule has 1 aromatic carbocycles. The monoisotopic (exact) mass is 527 g/mol. The maximum absolute atomic E-state index is 14.4. The highest BCUT2D eigenvalue weighted by molar-refractivity contribution is 7.08. The van der Waals surface area contributed by atoms with Crippen LogP contribution in [0.3, 0.4) is 0 Å². The van der Waals surface area contributed by atoms with Gasteiger partial charge in [0, 0.05) is 36.3 Å². The smallest absolute Gasteiger partial charge is 0.410 e. The summed E-state index contributed by atoms with van der Waals surface area (Å²) in [7, 11) is 0. The third-order valence-electron chi connectivity index (χ3n) is 9.15. The maximum Gasteiger partial charge on any atom is 0.410 e. The highest BCUT2D eigenvalue weighted by atomic mass is 32.1. The molecule has 6 rings (SSSR count). The van der Waals surface area contributed by atoms with Crippen molar-refractivity contribution in [3.63, 3.8) is 0 Å². The number of piperidine rings is 2. The van der Waals surface area contributed by atoms with E-state index in [1.165, 1.54) is 12.5 Å². The largest absolute Gasteiger partial charge is 0.450 e. The summed E-state index contributed by atoms with van der Waals surface area (Å²) in [5.41, 5.74) is 2.14. The van der Waals surface area contributed by atoms with E-state index < -0.39 is 0 Å². The molecule has 4 heterocycles. The number of nitrogens with zero attached hydrogens (tertiary/aromatic N) is 5. The van der Waals surface area contributed by atoms with Gasteiger partial charge in [-0.15, -0.1) is 5.10 Å². The Morgan fingerprint density at radius 2 is 2.03 bits per heavy atom. The van der Waals surface area contributed by atoms with Gasteiger partial charge in [0.2, 0.25) is 0 Å². The van der Waals surface area contributed by atoms with Gasteiger partial charge >= 0.3 is 6.09 Å². The van der Waals surface area contributed by atoms with E-state index in [0.29, 0.717) is 35.7 Å². The topological polar surface area (TPSA) is 78.9 Å². The molecule has 1 aliphatic carbocycles. The number of likely N-dealkylation sites (tertiary alicyclic amines) is 2. The van der Waals surface area contributed by atoms with Gasteiger partial charge in [0.15, 0.2) is 0 Å². The molecule has 0 bridgehead atoms. The Morgan fingerprint density at radius 1 is 1.22 bits per heavy atom. The van der Waals surface area contributed by atoms with Crippen molar-refractivity contribution in [2.45, 2.75) is 69.9 Å². The number of hydrogen-bond acceptors (Lipinski definition) is 7. The zero-order valence-electron chi connectivity index (χ0n) is 21.5. The van der Waals surface area contributed by atoms with Gasteiger partial charge in [-0.1, -0.05) is 4.49 Å². The highest BCUT2D eigenvalue weighted by Crippen LogP contribution is 2.49. The lowest BCUT2D eigenvalue weighted by atomic mass is 9.74. The lowest BCUT2D eigenvalue weighted by Gasteiger charge is -2.42. The van der Waals surface area contributed by atoms with E-state index in [1.807, 2.05) is 16.7 Å². The number of aromatic nitrogens is 2. The molecule has 3 aliphatic heterocycles. The molecular weight excluding hydrogens is 493 g/mol. The van der Waals surface area contributed by atoms with Crippen LogP contribution in [-0.2, 0) is 10.2 Å². The molecular formula is C27H34FN5O3S. The van der Waals surface area contributed by atoms with Gasteiger partial charge in [-0.3, -0.25) is 4.79 Å². The number of halogens is 1. The Bertz CT molecular complexity index is 1200. The predicted molar refractivity (Wildman–Crippen MR) is 138 cm³/mol. The summed E-state index contributed by atoms with van der Waals surface area (Å²) in [5.74, 6) is 0.174. The minimum atomic E-state index is -0.260. The molecule has 2 amide bonds. The van der Waals surface area contributed by atoms with Gasteiger partial charge in [0.1, 0.15) is 10.7 Å². The van der Waals surface area contributed by atoms with E-state index in [0.717, 1.165) is 74.5 Å². The molecule has 4 aliphatic rings. The summed E-state index contributed by atoms with van der Waals surface area (Å²) >= 11 is 1.12. The van der Waals surface area contributed by atoms with E-state index in [1.54, 1.807) is 19.1 Å². The summed E-state index contributed by atoms with van der Waals surface area (Å²) < 4.78 is 23.7. The van der Waals surface area contributed by atoms with Crippen LogP contribution in [0.15, 0.2) is 18.2 Å². The van der Waals surface area contributed by atoms with Crippen LogP contribution in [0.25, 0.3) is 0 Å². The van der Waals surface area contributed by atoms with Crippen LogP contribution in [0.1, 0.15) is 66.4 Å². The average molecular weight is 528 g/mol. The molecule has 1 spiro atoms. The van der Waals surface area contributed by atoms with E-state index in [4.69, 9.17) is 4.74 Å². The number of rotatable bonds is 3. The number of aryl methyl sites for hydroxylation is 1. The van der Waals surface area contributed by atoms with Crippen molar-refractivity contribution in [1.82, 2.24) is 19.4 Å². The normalized spacial score (nSPS) is 26.8. The Kier molecular flexibility index (Phi) is 6.43. The van der Waals surface area contributed by atoms with Gasteiger partial charge in [0.25, 0.3) is 5.91 Å². The summed E-state index contributed by atoms with van der Waals surface area (Å²) in [5, 5.41) is 4.02. The first-order chi connectivity index (χ1) is 17.9. The number of carbonyl (C=O) groups excluding carboxylic acids is 2. The fraction of sp³-hybridized carbons (Fsp3) is 0.630. The fourth-order valence-electron chi connectivity index (χ4n) is 7.30. The number of carbonyl (C=O) groups is 2. The molecule has 2 aromatic rings. The van der Waals surface area contributed by atoms with Crippen molar-refractivity contribution in [1.29, 1.82) is 0 Å². The van der Waals surface area contributed by atoms with Crippen LogP contribution in [0, 0.1) is 18.7 Å². The second kappa shape index (κ2) is 9.62. The number of amides is 2. The number of ether oxygens (including phenoxy) is 1. The van der Waals surface area contributed by atoms with Crippen molar-refractivity contribution in [2.75, 3.05) is 37.7 Å². The zero-order chi connectivity index (χ0) is 25.7. The first kappa shape index (κ1) is 24.7. The molecule has 1 saturated carbocycles. The van der Waals surface area contributed by atoms with Crippen molar-refractivity contribution in [3.8, 4) is 0 Å². The summed E-state index contributed by atoms with van der Waals surface area (Å²) in [6.07, 6.45) is 5.89. The minimum Gasteiger partial charge on any atom is -0.450 e. The Morgan fingerprint density at radius 3 is 2.76 bits per heavy atom. The molecule has 1 aromatic heterocycles. The highest BCUT2D eigenvalue weighted by Gasteiger charge is 2.50. The van der Waals surface area contributed by atoms with Crippen LogP contribution >= 0.6 is 11.5 Å². The molecule has 0 radical (unpaired) electrons. The Labute approximate surface area is 220 Å². The third kappa shape index (κ3) is 4.22. The molecule has 3 fully saturated rings. The van der Waals surface area contributed by atoms with Gasteiger partial charge in [-0.2, -0.15) is 0 Å². The molecule has 0 N–H and O–H groups in total. The van der Waals surface area contributed by atoms with E-state index in [-0.39, 0.29) is 29.3 Å². The predicted octanol–water partition coefficient (Wildman–Crippen LogP) is 4.38.